The molecule has 0 radical (unpaired) electrons. The van der Waals surface area contributed by atoms with E-state index in [1.54, 1.807) is 6.20 Å². The third-order valence-electron chi connectivity index (χ3n) is 3.32. The Labute approximate surface area is 110 Å². The summed E-state index contributed by atoms with van der Waals surface area (Å²) in [7, 11) is 1.93. The molecule has 0 saturated heterocycles. The van der Waals surface area contributed by atoms with Gasteiger partial charge in [-0.3, -0.25) is 4.79 Å². The van der Waals surface area contributed by atoms with Crippen molar-refractivity contribution in [1.29, 1.82) is 5.26 Å². The number of hydrogen-bond acceptors (Lipinski definition) is 3. The van der Waals surface area contributed by atoms with Crippen molar-refractivity contribution < 1.29 is 9.36 Å². The van der Waals surface area contributed by atoms with Crippen LogP contribution in [0.15, 0.2) is 12.4 Å². The highest BCUT2D eigenvalue weighted by molar-refractivity contribution is 6.04. The van der Waals surface area contributed by atoms with Crippen molar-refractivity contribution in [2.45, 2.75) is 18.8 Å². The molecule has 2 heterocycles. The van der Waals surface area contributed by atoms with Crippen LogP contribution < -0.4 is 9.88 Å². The standard InChI is InChI=1S/C13H13N5O/c1-18-7-10(8-2-3-8)17-11-9(6-16-12(11)18)13(19)15-5-4-14/h6-8H,2-3,5H2,1H3,(H,15,19)/p+1. The second kappa shape index (κ2) is 4.35. The van der Waals surface area contributed by atoms with Crippen LogP contribution in [0.25, 0.3) is 11.2 Å². The van der Waals surface area contributed by atoms with E-state index in [9.17, 15) is 4.79 Å². The van der Waals surface area contributed by atoms with E-state index >= 15 is 0 Å². The molecule has 2 aromatic heterocycles. The van der Waals surface area contributed by atoms with Gasteiger partial charge < -0.3 is 5.32 Å². The van der Waals surface area contributed by atoms with Gasteiger partial charge in [-0.2, -0.15) is 5.26 Å². The minimum Gasteiger partial charge on any atom is -0.339 e. The number of hydrogen-bond donors (Lipinski definition) is 2. The van der Waals surface area contributed by atoms with Crippen molar-refractivity contribution in [1.82, 2.24) is 15.3 Å². The van der Waals surface area contributed by atoms with Crippen LogP contribution in [0.3, 0.4) is 0 Å². The summed E-state index contributed by atoms with van der Waals surface area (Å²) < 4.78 is 1.96. The molecule has 2 aromatic rings. The van der Waals surface area contributed by atoms with Gasteiger partial charge in [-0.1, -0.05) is 0 Å². The lowest BCUT2D eigenvalue weighted by atomic mass is 10.2. The van der Waals surface area contributed by atoms with Gasteiger partial charge in [-0.25, -0.2) is 14.5 Å². The molecule has 6 heteroatoms. The van der Waals surface area contributed by atoms with Crippen molar-refractivity contribution in [3.63, 3.8) is 0 Å². The summed E-state index contributed by atoms with van der Waals surface area (Å²) in [5, 5.41) is 11.0. The molecule has 19 heavy (non-hydrogen) atoms. The van der Waals surface area contributed by atoms with E-state index in [2.05, 4.69) is 15.3 Å². The van der Waals surface area contributed by atoms with E-state index in [1.807, 2.05) is 23.9 Å². The van der Waals surface area contributed by atoms with Crippen molar-refractivity contribution in [2.75, 3.05) is 6.54 Å². The Balaban J connectivity index is 2.05. The molecule has 0 atom stereocenters. The Kier molecular flexibility index (Phi) is 2.67. The Bertz CT molecular complexity index is 693. The number of aryl methyl sites for hydroxylation is 1. The number of carbonyl (C=O) groups is 1. The van der Waals surface area contributed by atoms with Gasteiger partial charge >= 0.3 is 5.65 Å². The molecule has 1 fully saturated rings. The molecule has 0 bridgehead atoms. The number of nitriles is 1. The fraction of sp³-hybridized carbons (Fsp3) is 0.385. The minimum atomic E-state index is -0.270. The SMILES string of the molecule is C[n+]1cc(C2CC2)nc2c(C(=O)NCC#N)c[nH]c21. The molecular formula is C13H14N5O+. The van der Waals surface area contributed by atoms with Gasteiger partial charge in [-0.05, 0) is 12.8 Å². The van der Waals surface area contributed by atoms with Crippen molar-refractivity contribution in [3.05, 3.63) is 23.7 Å². The second-order valence-electron chi connectivity index (χ2n) is 4.79. The number of nitrogens with one attached hydrogen (secondary N) is 2. The summed E-state index contributed by atoms with van der Waals surface area (Å²) in [6, 6.07) is 1.89. The van der Waals surface area contributed by atoms with E-state index in [0.717, 1.165) is 11.3 Å². The molecule has 6 nitrogen and oxygen atoms in total. The quantitative estimate of drug-likeness (QED) is 0.620. The highest BCUT2D eigenvalue weighted by Crippen LogP contribution is 2.38. The van der Waals surface area contributed by atoms with Crippen LogP contribution in [0, 0.1) is 11.3 Å². The summed E-state index contributed by atoms with van der Waals surface area (Å²) in [5.41, 5.74) is 3.00. The van der Waals surface area contributed by atoms with Crippen molar-refractivity contribution in [3.8, 4) is 6.07 Å². The lowest BCUT2D eigenvalue weighted by Crippen LogP contribution is -2.30. The normalized spacial score (nSPS) is 14.3. The maximum atomic E-state index is 12.0. The number of H-pyrrole nitrogens is 1. The summed E-state index contributed by atoms with van der Waals surface area (Å²) in [5.74, 6) is 0.258. The van der Waals surface area contributed by atoms with Gasteiger partial charge in [0.25, 0.3) is 5.91 Å². The van der Waals surface area contributed by atoms with Crippen molar-refractivity contribution >= 4 is 17.1 Å². The Morgan fingerprint density at radius 1 is 1.68 bits per heavy atom. The molecule has 3 rings (SSSR count). The molecule has 1 aliphatic carbocycles. The highest BCUT2D eigenvalue weighted by Gasteiger charge is 2.29. The number of aromatic amines is 1. The van der Waals surface area contributed by atoms with Gasteiger partial charge in [0.1, 0.15) is 24.5 Å². The third kappa shape index (κ3) is 2.03. The van der Waals surface area contributed by atoms with Crippen LogP contribution in [0.4, 0.5) is 0 Å². The van der Waals surface area contributed by atoms with Gasteiger partial charge in [0.2, 0.25) is 0 Å². The average molecular weight is 256 g/mol. The smallest absolute Gasteiger partial charge is 0.306 e. The predicted octanol–water partition coefficient (Wildman–Crippen LogP) is 0.518. The zero-order chi connectivity index (χ0) is 13.4. The zero-order valence-electron chi connectivity index (χ0n) is 10.6. The number of amides is 1. The Morgan fingerprint density at radius 2 is 2.47 bits per heavy atom. The number of rotatable bonds is 3. The van der Waals surface area contributed by atoms with Gasteiger partial charge in [0.05, 0.1) is 18.8 Å². The molecule has 96 valence electrons. The molecule has 1 saturated carbocycles. The molecule has 2 N–H and O–H groups in total. The average Bonchev–Trinajstić information content (AvgIpc) is 3.16. The first kappa shape index (κ1) is 11.7. The van der Waals surface area contributed by atoms with E-state index in [-0.39, 0.29) is 12.5 Å². The fourth-order valence-electron chi connectivity index (χ4n) is 2.17. The summed E-state index contributed by atoms with van der Waals surface area (Å²) in [6.07, 6.45) is 5.98. The molecule has 1 aliphatic rings. The van der Waals surface area contributed by atoms with E-state index in [0.29, 0.717) is 17.0 Å². The molecule has 1 amide bonds. The van der Waals surface area contributed by atoms with E-state index in [1.165, 1.54) is 12.8 Å². The maximum absolute atomic E-state index is 12.0. The predicted molar refractivity (Wildman–Crippen MR) is 67.2 cm³/mol. The van der Waals surface area contributed by atoms with Gasteiger partial charge in [0, 0.05) is 5.92 Å². The highest BCUT2D eigenvalue weighted by atomic mass is 16.1. The van der Waals surface area contributed by atoms with Crippen LogP contribution in [-0.2, 0) is 7.05 Å². The van der Waals surface area contributed by atoms with Crippen LogP contribution in [0.2, 0.25) is 0 Å². The molecule has 0 aromatic carbocycles. The second-order valence-corrected chi connectivity index (χ2v) is 4.79. The number of aromatic nitrogens is 3. The van der Waals surface area contributed by atoms with Crippen LogP contribution in [0.5, 0.6) is 0 Å². The van der Waals surface area contributed by atoms with Crippen LogP contribution in [-0.4, -0.2) is 22.4 Å². The Morgan fingerprint density at radius 3 is 3.16 bits per heavy atom. The molecule has 0 aliphatic heterocycles. The third-order valence-corrected chi connectivity index (χ3v) is 3.32. The lowest BCUT2D eigenvalue weighted by molar-refractivity contribution is -0.647. The fourth-order valence-corrected chi connectivity index (χ4v) is 2.17. The first-order valence-electron chi connectivity index (χ1n) is 6.23. The molecule has 0 unspecified atom stereocenters. The largest absolute Gasteiger partial charge is 0.339 e. The maximum Gasteiger partial charge on any atom is 0.306 e. The van der Waals surface area contributed by atoms with E-state index in [4.69, 9.17) is 5.26 Å². The van der Waals surface area contributed by atoms with Gasteiger partial charge in [-0.15, -0.1) is 0 Å². The zero-order valence-corrected chi connectivity index (χ0v) is 10.6. The van der Waals surface area contributed by atoms with Crippen molar-refractivity contribution in [2.24, 2.45) is 7.05 Å². The number of nitrogens with zero attached hydrogens (tertiary/aromatic N) is 3. The lowest BCUT2D eigenvalue weighted by Gasteiger charge is -2.00. The summed E-state index contributed by atoms with van der Waals surface area (Å²) in [4.78, 5) is 19.6. The number of fused-ring (bicyclic) bond motifs is 1. The van der Waals surface area contributed by atoms with Gasteiger partial charge in [0.15, 0.2) is 5.52 Å². The number of carbonyl (C=O) groups excluding carboxylic acids is 1. The first-order valence-corrected chi connectivity index (χ1v) is 6.23. The molecular weight excluding hydrogens is 242 g/mol. The minimum absolute atomic E-state index is 0.0000522. The molecule has 0 spiro atoms. The summed E-state index contributed by atoms with van der Waals surface area (Å²) >= 11 is 0. The summed E-state index contributed by atoms with van der Waals surface area (Å²) in [6.45, 7) is -0.0000522. The van der Waals surface area contributed by atoms with E-state index < -0.39 is 0 Å². The topological polar surface area (TPSA) is 85.4 Å². The monoisotopic (exact) mass is 256 g/mol. The van der Waals surface area contributed by atoms with Crippen LogP contribution in [0.1, 0.15) is 34.8 Å². The first-order chi connectivity index (χ1) is 9.20. The van der Waals surface area contributed by atoms with Crippen LogP contribution >= 0.6 is 0 Å². The Hall–Kier alpha value is -2.42.